The summed E-state index contributed by atoms with van der Waals surface area (Å²) >= 11 is 1.66. The molecule has 6 heteroatoms. The second kappa shape index (κ2) is 7.56. The van der Waals surface area contributed by atoms with E-state index in [1.54, 1.807) is 29.1 Å². The first-order chi connectivity index (χ1) is 13.2. The van der Waals surface area contributed by atoms with E-state index in [1.807, 2.05) is 42.7 Å². The minimum atomic E-state index is -0.140. The highest BCUT2D eigenvalue weighted by Gasteiger charge is 2.29. The molecule has 0 bridgehead atoms. The number of nitrogens with one attached hydrogen (secondary N) is 1. The van der Waals surface area contributed by atoms with Crippen LogP contribution in [-0.4, -0.2) is 45.9 Å². The lowest BCUT2D eigenvalue weighted by Gasteiger charge is -2.32. The number of thioether (sulfide) groups is 1. The van der Waals surface area contributed by atoms with E-state index < -0.39 is 0 Å². The first-order valence-electron chi connectivity index (χ1n) is 9.06. The molecule has 0 unspecified atom stereocenters. The van der Waals surface area contributed by atoms with Gasteiger partial charge >= 0.3 is 0 Å². The van der Waals surface area contributed by atoms with Crippen LogP contribution in [-0.2, 0) is 0 Å². The van der Waals surface area contributed by atoms with Crippen molar-refractivity contribution in [1.29, 1.82) is 0 Å². The molecule has 3 aromatic rings. The van der Waals surface area contributed by atoms with Crippen molar-refractivity contribution in [3.8, 4) is 0 Å². The van der Waals surface area contributed by atoms with Crippen LogP contribution >= 0.6 is 11.8 Å². The van der Waals surface area contributed by atoms with Crippen molar-refractivity contribution in [3.05, 3.63) is 59.9 Å². The van der Waals surface area contributed by atoms with Gasteiger partial charge in [-0.05, 0) is 49.4 Å². The van der Waals surface area contributed by atoms with Crippen molar-refractivity contribution in [2.24, 2.45) is 5.92 Å². The average molecular weight is 379 g/mol. The second-order valence-corrected chi connectivity index (χ2v) is 7.70. The highest BCUT2D eigenvalue weighted by atomic mass is 32.2. The van der Waals surface area contributed by atoms with Crippen LogP contribution in [0.4, 0.5) is 0 Å². The topological polar surface area (TPSA) is 66.1 Å². The minimum Gasteiger partial charge on any atom is -0.345 e. The third-order valence-corrected chi connectivity index (χ3v) is 5.86. The van der Waals surface area contributed by atoms with Gasteiger partial charge in [0.15, 0.2) is 5.78 Å². The highest BCUT2D eigenvalue weighted by Crippen LogP contribution is 2.24. The molecule has 1 aromatic heterocycles. The van der Waals surface area contributed by atoms with E-state index in [1.165, 1.54) is 0 Å². The number of amides is 1. The van der Waals surface area contributed by atoms with Crippen LogP contribution < -0.4 is 0 Å². The summed E-state index contributed by atoms with van der Waals surface area (Å²) in [6.07, 6.45) is 5.31. The number of ketones is 1. The zero-order valence-electron chi connectivity index (χ0n) is 15.1. The Morgan fingerprint density at radius 2 is 1.93 bits per heavy atom. The van der Waals surface area contributed by atoms with Crippen LogP contribution in [0, 0.1) is 5.92 Å². The number of aromatic amines is 1. The number of imidazole rings is 1. The lowest BCUT2D eigenvalue weighted by atomic mass is 9.89. The Bertz CT molecular complexity index is 981. The van der Waals surface area contributed by atoms with Crippen LogP contribution in [0.15, 0.2) is 53.7 Å². The van der Waals surface area contributed by atoms with E-state index in [-0.39, 0.29) is 17.6 Å². The number of nitrogens with zero attached hydrogens (tertiary/aromatic N) is 2. The maximum Gasteiger partial charge on any atom is 0.253 e. The summed E-state index contributed by atoms with van der Waals surface area (Å²) in [5.41, 5.74) is 3.04. The lowest BCUT2D eigenvalue weighted by Crippen LogP contribution is -2.42. The normalized spacial score (nSPS) is 17.2. The first-order valence-corrected chi connectivity index (χ1v) is 10.3. The van der Waals surface area contributed by atoms with Crippen molar-refractivity contribution in [2.45, 2.75) is 17.7 Å². The minimum absolute atomic E-state index is 0.0262. The molecule has 1 N–H and O–H groups in total. The van der Waals surface area contributed by atoms with Crippen molar-refractivity contribution >= 4 is 34.5 Å². The molecule has 0 radical (unpaired) electrons. The van der Waals surface area contributed by atoms with Gasteiger partial charge in [-0.15, -0.1) is 11.8 Å². The molecule has 4 rings (SSSR count). The third-order valence-electron chi connectivity index (χ3n) is 5.12. The zero-order chi connectivity index (χ0) is 18.8. The number of Topliss-reactive ketones (excluding diaryl/α,β-unsaturated/α-hetero) is 1. The number of H-pyrrole nitrogens is 1. The summed E-state index contributed by atoms with van der Waals surface area (Å²) in [6.45, 7) is 1.16. The molecule has 2 heterocycles. The van der Waals surface area contributed by atoms with E-state index in [0.29, 0.717) is 18.7 Å². The summed E-state index contributed by atoms with van der Waals surface area (Å²) < 4.78 is 0. The number of carbonyl (C=O) groups is 2. The fourth-order valence-electron chi connectivity index (χ4n) is 3.62. The van der Waals surface area contributed by atoms with Gasteiger partial charge in [0.05, 0.1) is 17.4 Å². The Morgan fingerprint density at radius 1 is 1.15 bits per heavy atom. The molecule has 5 nitrogen and oxygen atoms in total. The van der Waals surface area contributed by atoms with Gasteiger partial charge in [-0.2, -0.15) is 0 Å². The van der Waals surface area contributed by atoms with Gasteiger partial charge in [-0.3, -0.25) is 9.59 Å². The third kappa shape index (κ3) is 3.62. The summed E-state index contributed by atoms with van der Waals surface area (Å²) in [5.74, 6) is -0.0374. The maximum absolute atomic E-state index is 12.9. The Balaban J connectivity index is 1.49. The fraction of sp³-hybridized carbons (Fsp3) is 0.286. The average Bonchev–Trinajstić information content (AvgIpc) is 3.20. The number of hydrogen-bond acceptors (Lipinski definition) is 4. The Hall–Kier alpha value is -2.60. The standard InChI is InChI=1S/C21H21N3O2S/c1-27-17-7-4-14(5-8-17)20(25)16-3-2-10-24(12-16)21(26)15-6-9-18-19(11-15)23-13-22-18/h4-9,11,13,16H,2-3,10,12H2,1H3,(H,22,23)/t16-/m0/s1. The molecular formula is C21H21N3O2S. The molecule has 0 spiro atoms. The van der Waals surface area contributed by atoms with E-state index >= 15 is 0 Å². The highest BCUT2D eigenvalue weighted by molar-refractivity contribution is 7.98. The molecule has 0 saturated carbocycles. The summed E-state index contributed by atoms with van der Waals surface area (Å²) in [4.78, 5) is 36.0. The number of carbonyl (C=O) groups excluding carboxylic acids is 2. The smallest absolute Gasteiger partial charge is 0.253 e. The molecule has 2 aromatic carbocycles. The SMILES string of the molecule is CSc1ccc(C(=O)[C@H]2CCCN(C(=O)c3ccc4nc[nH]c4c3)C2)cc1. The molecule has 0 aliphatic carbocycles. The predicted octanol–water partition coefficient (Wildman–Crippen LogP) is 4.02. The molecule has 1 amide bonds. The van der Waals surface area contributed by atoms with E-state index in [9.17, 15) is 9.59 Å². The molecule has 27 heavy (non-hydrogen) atoms. The zero-order valence-corrected chi connectivity index (χ0v) is 16.0. The van der Waals surface area contributed by atoms with Gasteiger partial charge in [0.1, 0.15) is 0 Å². The molecular weight excluding hydrogens is 358 g/mol. The molecule has 1 aliphatic rings. The number of piperidine rings is 1. The van der Waals surface area contributed by atoms with E-state index in [2.05, 4.69) is 9.97 Å². The van der Waals surface area contributed by atoms with Crippen LogP contribution in [0.3, 0.4) is 0 Å². The number of rotatable bonds is 4. The van der Waals surface area contributed by atoms with Crippen molar-refractivity contribution < 1.29 is 9.59 Å². The van der Waals surface area contributed by atoms with E-state index in [0.717, 1.165) is 34.3 Å². The monoisotopic (exact) mass is 379 g/mol. The molecule has 1 fully saturated rings. The summed E-state index contributed by atoms with van der Waals surface area (Å²) in [5, 5.41) is 0. The molecule has 1 saturated heterocycles. The Morgan fingerprint density at radius 3 is 2.70 bits per heavy atom. The van der Waals surface area contributed by atoms with Crippen LogP contribution in [0.1, 0.15) is 33.6 Å². The van der Waals surface area contributed by atoms with Gasteiger partial charge in [0.25, 0.3) is 5.91 Å². The number of hydrogen-bond donors (Lipinski definition) is 1. The lowest BCUT2D eigenvalue weighted by molar-refractivity contribution is 0.0637. The van der Waals surface area contributed by atoms with Gasteiger partial charge in [0.2, 0.25) is 0 Å². The van der Waals surface area contributed by atoms with Gasteiger partial charge in [-0.25, -0.2) is 4.98 Å². The fourth-order valence-corrected chi connectivity index (χ4v) is 4.03. The van der Waals surface area contributed by atoms with Gasteiger partial charge in [0, 0.05) is 35.0 Å². The quantitative estimate of drug-likeness (QED) is 0.549. The second-order valence-electron chi connectivity index (χ2n) is 6.82. The largest absolute Gasteiger partial charge is 0.345 e. The summed E-state index contributed by atoms with van der Waals surface area (Å²) in [7, 11) is 0. The molecule has 138 valence electrons. The number of benzene rings is 2. The van der Waals surface area contributed by atoms with Crippen molar-refractivity contribution in [1.82, 2.24) is 14.9 Å². The van der Waals surface area contributed by atoms with Crippen molar-refractivity contribution in [2.75, 3.05) is 19.3 Å². The molecule has 1 aliphatic heterocycles. The van der Waals surface area contributed by atoms with Crippen LogP contribution in [0.2, 0.25) is 0 Å². The summed E-state index contributed by atoms with van der Waals surface area (Å²) in [6, 6.07) is 13.2. The van der Waals surface area contributed by atoms with Gasteiger partial charge in [-0.1, -0.05) is 12.1 Å². The predicted molar refractivity (Wildman–Crippen MR) is 107 cm³/mol. The van der Waals surface area contributed by atoms with Crippen LogP contribution in [0.5, 0.6) is 0 Å². The molecule has 1 atom stereocenters. The van der Waals surface area contributed by atoms with E-state index in [4.69, 9.17) is 0 Å². The number of fused-ring (bicyclic) bond motifs is 1. The Labute approximate surface area is 162 Å². The van der Waals surface area contributed by atoms with Crippen LogP contribution in [0.25, 0.3) is 11.0 Å². The maximum atomic E-state index is 12.9. The van der Waals surface area contributed by atoms with Crippen molar-refractivity contribution in [3.63, 3.8) is 0 Å². The number of likely N-dealkylation sites (tertiary alicyclic amines) is 1. The van der Waals surface area contributed by atoms with Gasteiger partial charge < -0.3 is 9.88 Å². The Kier molecular flexibility index (Phi) is 4.99. The number of aromatic nitrogens is 2. The first kappa shape index (κ1) is 17.8.